The first-order valence-corrected chi connectivity index (χ1v) is 12.3. The van der Waals surface area contributed by atoms with Gasteiger partial charge in [-0.15, -0.1) is 0 Å². The molecule has 4 rings (SSSR count). The molecule has 2 aromatic rings. The highest BCUT2D eigenvalue weighted by atomic mass is 35.7. The average Bonchev–Trinajstić information content (AvgIpc) is 2.75. The van der Waals surface area contributed by atoms with Crippen LogP contribution in [-0.4, -0.2) is 62.5 Å². The van der Waals surface area contributed by atoms with Gasteiger partial charge in [0.2, 0.25) is 0 Å². The summed E-state index contributed by atoms with van der Waals surface area (Å²) in [6.07, 6.45) is 0. The second kappa shape index (κ2) is 9.47. The second-order valence-corrected chi connectivity index (χ2v) is 9.53. The van der Waals surface area contributed by atoms with Crippen molar-refractivity contribution in [2.45, 2.75) is 0 Å². The molecule has 29 heavy (non-hydrogen) atoms. The number of hydrogen-bond donors (Lipinski definition) is 0. The van der Waals surface area contributed by atoms with Gasteiger partial charge in [0.1, 0.15) is 0 Å². The van der Waals surface area contributed by atoms with Gasteiger partial charge in [-0.3, -0.25) is 0 Å². The Morgan fingerprint density at radius 3 is 1.31 bits per heavy atom. The lowest BCUT2D eigenvalue weighted by atomic mass is 10.2. The molecule has 0 spiro atoms. The maximum atomic E-state index is 12.7. The van der Waals surface area contributed by atoms with Gasteiger partial charge in [0.25, 0.3) is 0 Å². The van der Waals surface area contributed by atoms with Crippen LogP contribution in [0.3, 0.4) is 0 Å². The Bertz CT molecular complexity index is 747. The first-order valence-electron chi connectivity index (χ1n) is 9.88. The Hall–Kier alpha value is -1.60. The highest BCUT2D eigenvalue weighted by molar-refractivity contribution is 7.81. The van der Waals surface area contributed by atoms with E-state index in [1.54, 1.807) is 10.1 Å². The van der Waals surface area contributed by atoms with Gasteiger partial charge in [-0.05, 0) is 24.3 Å². The van der Waals surface area contributed by atoms with Crippen molar-refractivity contribution >= 4 is 29.6 Å². The normalized spacial score (nSPS) is 19.5. The van der Waals surface area contributed by atoms with Crippen molar-refractivity contribution in [2.75, 3.05) is 62.2 Å². The highest BCUT2D eigenvalue weighted by Gasteiger charge is 2.32. The first-order chi connectivity index (χ1) is 14.1. The molecule has 9 heteroatoms. The molecule has 2 heterocycles. The predicted octanol–water partition coefficient (Wildman–Crippen LogP) is 3.84. The molecule has 0 atom stereocenters. The van der Waals surface area contributed by atoms with Gasteiger partial charge in [-0.2, -0.15) is 10.1 Å². The third-order valence-corrected chi connectivity index (χ3v) is 6.37. The minimum absolute atomic E-state index is 0.608. The lowest BCUT2D eigenvalue weighted by Crippen LogP contribution is -2.47. The summed E-state index contributed by atoms with van der Waals surface area (Å²) in [6, 6.07) is 20.4. The van der Waals surface area contributed by atoms with E-state index < -0.39 is 6.95 Å². The molecule has 0 bridgehead atoms. The number of benzene rings is 2. The van der Waals surface area contributed by atoms with Crippen molar-refractivity contribution in [2.24, 2.45) is 0 Å². The molecule has 0 N–H and O–H groups in total. The van der Waals surface area contributed by atoms with E-state index in [9.17, 15) is 4.57 Å². The minimum Gasteiger partial charge on any atom is -0.369 e. The lowest BCUT2D eigenvalue weighted by molar-refractivity contribution is -0.120. The largest absolute Gasteiger partial charge is 0.457 e. The number of anilines is 2. The summed E-state index contributed by atoms with van der Waals surface area (Å²) in [6.45, 7) is 1.80. The molecule has 0 radical (unpaired) electrons. The monoisotopic (exact) mass is 436 g/mol. The summed E-state index contributed by atoms with van der Waals surface area (Å²) >= 11 is 6.11. The van der Waals surface area contributed by atoms with Crippen molar-refractivity contribution < 1.29 is 13.8 Å². The van der Waals surface area contributed by atoms with Gasteiger partial charge in [0, 0.05) is 75.0 Å². The third kappa shape index (κ3) is 5.72. The van der Waals surface area contributed by atoms with E-state index >= 15 is 0 Å². The molecule has 7 nitrogen and oxygen atoms in total. The van der Waals surface area contributed by atoms with Gasteiger partial charge in [0.15, 0.2) is 0 Å². The summed E-state index contributed by atoms with van der Waals surface area (Å²) < 4.78 is 23.7. The van der Waals surface area contributed by atoms with Crippen LogP contribution in [0.2, 0.25) is 0 Å². The molecule has 2 aliphatic rings. The molecule has 2 aromatic carbocycles. The minimum atomic E-state index is -3.73. The van der Waals surface area contributed by atoms with E-state index in [0.29, 0.717) is 26.2 Å². The van der Waals surface area contributed by atoms with E-state index in [-0.39, 0.29) is 0 Å². The molecule has 156 valence electrons. The van der Waals surface area contributed by atoms with Crippen molar-refractivity contribution in [1.29, 1.82) is 0 Å². The molecule has 2 saturated heterocycles. The number of halogens is 1. The summed E-state index contributed by atoms with van der Waals surface area (Å²) in [7, 11) is 0. The Balaban J connectivity index is 1.22. The van der Waals surface area contributed by atoms with Gasteiger partial charge >= 0.3 is 6.95 Å². The lowest BCUT2D eigenvalue weighted by Gasteiger charge is -2.37. The fourth-order valence-electron chi connectivity index (χ4n) is 3.62. The number of rotatable bonds is 6. The van der Waals surface area contributed by atoms with Crippen LogP contribution in [0.1, 0.15) is 0 Å². The Morgan fingerprint density at radius 1 is 0.621 bits per heavy atom. The highest BCUT2D eigenvalue weighted by Crippen LogP contribution is 2.55. The summed E-state index contributed by atoms with van der Waals surface area (Å²) in [5.41, 5.74) is 2.35. The van der Waals surface area contributed by atoms with Gasteiger partial charge in [0.05, 0.1) is 0 Å². The van der Waals surface area contributed by atoms with Crippen molar-refractivity contribution in [3.8, 4) is 0 Å². The molecular formula is C20H26ClN4O3P. The predicted molar refractivity (Wildman–Crippen MR) is 116 cm³/mol. The molecule has 2 fully saturated rings. The fourth-order valence-corrected chi connectivity index (χ4v) is 5.06. The van der Waals surface area contributed by atoms with Crippen molar-refractivity contribution in [3.05, 3.63) is 60.7 Å². The Labute approximate surface area is 176 Å². The molecule has 2 aliphatic heterocycles. The van der Waals surface area contributed by atoms with Gasteiger partial charge in [-0.25, -0.2) is 13.8 Å². The van der Waals surface area contributed by atoms with E-state index in [4.69, 9.17) is 20.5 Å². The van der Waals surface area contributed by atoms with E-state index in [2.05, 4.69) is 34.1 Å². The van der Waals surface area contributed by atoms with Crippen molar-refractivity contribution in [3.63, 3.8) is 0 Å². The topological polar surface area (TPSA) is 48.5 Å². The Kier molecular flexibility index (Phi) is 6.75. The van der Waals surface area contributed by atoms with Crippen LogP contribution in [0.15, 0.2) is 60.7 Å². The fraction of sp³-hybridized carbons (Fsp3) is 0.400. The smallest absolute Gasteiger partial charge is 0.369 e. The van der Waals surface area contributed by atoms with Crippen LogP contribution in [0.4, 0.5) is 11.4 Å². The van der Waals surface area contributed by atoms with Gasteiger partial charge < -0.3 is 9.80 Å². The number of nitrogens with zero attached hydrogens (tertiary/aromatic N) is 4. The van der Waals surface area contributed by atoms with Crippen molar-refractivity contribution in [1.82, 2.24) is 10.1 Å². The maximum absolute atomic E-state index is 12.7. The quantitative estimate of drug-likeness (QED) is 0.637. The standard InChI is InChI=1S/C20H26ClN4O3P/c21-29(26,27-24-15-11-22(12-16-24)19-7-3-1-4-8-19)28-25-17-13-23(14-18-25)20-9-5-2-6-10-20/h1-10H,11-18H2. The van der Waals surface area contributed by atoms with Gasteiger partial charge in [-0.1, -0.05) is 36.4 Å². The molecular weight excluding hydrogens is 411 g/mol. The first kappa shape index (κ1) is 20.7. The van der Waals surface area contributed by atoms with E-state index in [1.807, 2.05) is 36.4 Å². The van der Waals surface area contributed by atoms with Crippen LogP contribution in [0, 0.1) is 0 Å². The van der Waals surface area contributed by atoms with Crippen LogP contribution >= 0.6 is 18.2 Å². The van der Waals surface area contributed by atoms with Crippen LogP contribution in [0.25, 0.3) is 0 Å². The second-order valence-electron chi connectivity index (χ2n) is 7.10. The van der Waals surface area contributed by atoms with E-state index in [1.165, 1.54) is 11.4 Å². The molecule has 0 saturated carbocycles. The summed E-state index contributed by atoms with van der Waals surface area (Å²) in [4.78, 5) is 4.53. The summed E-state index contributed by atoms with van der Waals surface area (Å²) in [5, 5.41) is 3.29. The summed E-state index contributed by atoms with van der Waals surface area (Å²) in [5.74, 6) is 0. The van der Waals surface area contributed by atoms with E-state index in [0.717, 1.165) is 26.2 Å². The number of hydroxylamine groups is 4. The van der Waals surface area contributed by atoms with Crippen LogP contribution in [0.5, 0.6) is 0 Å². The molecule has 0 aromatic heterocycles. The number of hydrogen-bond acceptors (Lipinski definition) is 7. The zero-order chi connectivity index (χ0) is 20.1. The molecule has 0 aliphatic carbocycles. The molecule has 0 unspecified atom stereocenters. The van der Waals surface area contributed by atoms with Crippen LogP contribution in [-0.2, 0) is 13.8 Å². The third-order valence-electron chi connectivity index (χ3n) is 5.15. The average molecular weight is 437 g/mol. The molecule has 0 amide bonds. The maximum Gasteiger partial charge on any atom is 0.457 e. The number of piperazine rings is 2. The number of para-hydroxylation sites is 2. The zero-order valence-electron chi connectivity index (χ0n) is 16.3. The zero-order valence-corrected chi connectivity index (χ0v) is 17.9. The van der Waals surface area contributed by atoms with Crippen LogP contribution < -0.4 is 9.80 Å². The Morgan fingerprint density at radius 2 is 0.966 bits per heavy atom. The SMILES string of the molecule is O=P(Cl)(ON1CCN(c2ccccc2)CC1)ON1CCN(c2ccccc2)CC1.